The van der Waals surface area contributed by atoms with E-state index in [0.29, 0.717) is 0 Å². The van der Waals surface area contributed by atoms with Crippen molar-refractivity contribution < 1.29 is 9.53 Å². The van der Waals surface area contributed by atoms with E-state index in [4.69, 9.17) is 4.74 Å². The summed E-state index contributed by atoms with van der Waals surface area (Å²) >= 11 is 0. The summed E-state index contributed by atoms with van der Waals surface area (Å²) in [6, 6.07) is 8.07. The van der Waals surface area contributed by atoms with Crippen LogP contribution in [0.1, 0.15) is 52.7 Å². The van der Waals surface area contributed by atoms with Crippen LogP contribution in [-0.2, 0) is 10.2 Å². The first-order valence-electron chi connectivity index (χ1n) is 6.70. The Morgan fingerprint density at radius 1 is 1.10 bits per heavy atom. The van der Waals surface area contributed by atoms with Gasteiger partial charge >= 0.3 is 6.09 Å². The van der Waals surface area contributed by atoms with Crippen molar-refractivity contribution >= 4 is 12.3 Å². The minimum Gasteiger partial charge on any atom is -0.443 e. The molecule has 1 aromatic carbocycles. The molecule has 0 aliphatic rings. The zero-order valence-electron chi connectivity index (χ0n) is 13.2. The number of hydrazone groups is 1. The highest BCUT2D eigenvalue weighted by Gasteiger charge is 2.15. The van der Waals surface area contributed by atoms with Gasteiger partial charge in [-0.25, -0.2) is 10.2 Å². The average Bonchev–Trinajstić information content (AvgIpc) is 2.26. The number of nitrogens with zero attached hydrogens (tertiary/aromatic N) is 1. The van der Waals surface area contributed by atoms with Crippen LogP contribution in [0.2, 0.25) is 0 Å². The second-order valence-corrected chi connectivity index (χ2v) is 6.74. The number of hydrogen-bond donors (Lipinski definition) is 1. The summed E-state index contributed by atoms with van der Waals surface area (Å²) < 4.78 is 5.08. The smallest absolute Gasteiger partial charge is 0.428 e. The summed E-state index contributed by atoms with van der Waals surface area (Å²) in [6.07, 6.45) is 1.04. The van der Waals surface area contributed by atoms with Crippen LogP contribution in [0.5, 0.6) is 0 Å². The molecule has 0 heterocycles. The molecule has 0 bridgehead atoms. The number of carbonyl (C=O) groups is 1. The molecule has 0 aliphatic carbocycles. The van der Waals surface area contributed by atoms with Crippen LogP contribution >= 0.6 is 0 Å². The van der Waals surface area contributed by atoms with Crippen molar-refractivity contribution in [1.29, 1.82) is 0 Å². The Labute approximate surface area is 121 Å². The highest BCUT2D eigenvalue weighted by Crippen LogP contribution is 2.21. The van der Waals surface area contributed by atoms with Crippen molar-refractivity contribution in [1.82, 2.24) is 5.43 Å². The van der Waals surface area contributed by atoms with Crippen LogP contribution in [0.4, 0.5) is 4.79 Å². The third kappa shape index (κ3) is 5.87. The minimum absolute atomic E-state index is 0.129. The van der Waals surface area contributed by atoms with Crippen LogP contribution in [0.3, 0.4) is 0 Å². The van der Waals surface area contributed by atoms with Gasteiger partial charge in [0.2, 0.25) is 0 Å². The van der Waals surface area contributed by atoms with E-state index in [0.717, 1.165) is 5.56 Å². The van der Waals surface area contributed by atoms with Crippen LogP contribution in [0, 0.1) is 0 Å². The number of ether oxygens (including phenoxy) is 1. The molecule has 0 saturated heterocycles. The first-order valence-corrected chi connectivity index (χ1v) is 6.70. The maximum atomic E-state index is 11.4. The van der Waals surface area contributed by atoms with E-state index >= 15 is 0 Å². The quantitative estimate of drug-likeness (QED) is 0.659. The standard InChI is InChI=1S/C16H24N2O2/c1-15(2,3)13-9-7-12(8-10-13)11-17-18-14(19)20-16(4,5)6/h7-11H,1-6H3,(H,18,19)/b17-11-. The van der Waals surface area contributed by atoms with Gasteiger partial charge in [-0.2, -0.15) is 5.10 Å². The van der Waals surface area contributed by atoms with Gasteiger partial charge < -0.3 is 4.74 Å². The molecular weight excluding hydrogens is 252 g/mol. The molecule has 1 N–H and O–H groups in total. The average molecular weight is 276 g/mol. The van der Waals surface area contributed by atoms with Crippen molar-refractivity contribution in [3.05, 3.63) is 35.4 Å². The first kappa shape index (κ1) is 16.2. The third-order valence-corrected chi connectivity index (χ3v) is 2.55. The summed E-state index contributed by atoms with van der Waals surface area (Å²) in [5, 5.41) is 3.87. The van der Waals surface area contributed by atoms with Crippen LogP contribution < -0.4 is 5.43 Å². The van der Waals surface area contributed by atoms with Crippen molar-refractivity contribution in [3.8, 4) is 0 Å². The Hall–Kier alpha value is -1.84. The molecular formula is C16H24N2O2. The molecule has 4 nitrogen and oxygen atoms in total. The Morgan fingerprint density at radius 3 is 2.10 bits per heavy atom. The number of amides is 1. The van der Waals surface area contributed by atoms with Crippen molar-refractivity contribution in [3.63, 3.8) is 0 Å². The monoisotopic (exact) mass is 276 g/mol. The zero-order valence-corrected chi connectivity index (χ0v) is 13.2. The fourth-order valence-electron chi connectivity index (χ4n) is 1.53. The summed E-state index contributed by atoms with van der Waals surface area (Å²) in [5.41, 5.74) is 4.13. The molecule has 0 atom stereocenters. The molecule has 110 valence electrons. The number of carbonyl (C=O) groups excluding carboxylic acids is 1. The molecule has 0 spiro atoms. The largest absolute Gasteiger partial charge is 0.443 e. The summed E-state index contributed by atoms with van der Waals surface area (Å²) in [4.78, 5) is 11.4. The highest BCUT2D eigenvalue weighted by molar-refractivity contribution is 5.80. The van der Waals surface area contributed by atoms with E-state index in [9.17, 15) is 4.79 Å². The maximum Gasteiger partial charge on any atom is 0.428 e. The molecule has 0 fully saturated rings. The Balaban J connectivity index is 2.57. The van der Waals surface area contributed by atoms with Gasteiger partial charge in [-0.05, 0) is 37.3 Å². The second kappa shape index (κ2) is 6.07. The number of benzene rings is 1. The van der Waals surface area contributed by atoms with E-state index in [2.05, 4.69) is 43.4 Å². The first-order chi connectivity index (χ1) is 9.08. The second-order valence-electron chi connectivity index (χ2n) is 6.74. The fourth-order valence-corrected chi connectivity index (χ4v) is 1.53. The molecule has 0 aromatic heterocycles. The Bertz CT molecular complexity index is 477. The number of hydrogen-bond acceptors (Lipinski definition) is 3. The lowest BCUT2D eigenvalue weighted by atomic mass is 9.87. The van der Waals surface area contributed by atoms with Crippen LogP contribution in [-0.4, -0.2) is 17.9 Å². The highest BCUT2D eigenvalue weighted by atomic mass is 16.6. The normalized spacial score (nSPS) is 12.5. The van der Waals surface area contributed by atoms with Crippen LogP contribution in [0.25, 0.3) is 0 Å². The molecule has 0 unspecified atom stereocenters. The summed E-state index contributed by atoms with van der Waals surface area (Å²) in [5.74, 6) is 0. The van der Waals surface area contributed by atoms with Crippen molar-refractivity contribution in [2.45, 2.75) is 52.6 Å². The van der Waals surface area contributed by atoms with E-state index in [1.54, 1.807) is 6.21 Å². The molecule has 0 radical (unpaired) electrons. The van der Waals surface area contributed by atoms with Gasteiger partial charge in [-0.1, -0.05) is 45.0 Å². The van der Waals surface area contributed by atoms with E-state index in [1.165, 1.54) is 5.56 Å². The lowest BCUT2D eigenvalue weighted by Gasteiger charge is -2.19. The van der Waals surface area contributed by atoms with Gasteiger partial charge in [-0.3, -0.25) is 0 Å². The molecule has 4 heteroatoms. The third-order valence-electron chi connectivity index (χ3n) is 2.55. The zero-order chi connectivity index (χ0) is 15.4. The Kier molecular flexibility index (Phi) is 4.93. The van der Waals surface area contributed by atoms with Crippen molar-refractivity contribution in [2.24, 2.45) is 5.10 Å². The van der Waals surface area contributed by atoms with Gasteiger partial charge in [0.15, 0.2) is 0 Å². The maximum absolute atomic E-state index is 11.4. The van der Waals surface area contributed by atoms with Gasteiger partial charge in [0.05, 0.1) is 6.21 Å². The van der Waals surface area contributed by atoms with Gasteiger partial charge in [0.25, 0.3) is 0 Å². The topological polar surface area (TPSA) is 50.7 Å². The predicted molar refractivity (Wildman–Crippen MR) is 82.1 cm³/mol. The molecule has 0 saturated carbocycles. The molecule has 1 aromatic rings. The lowest BCUT2D eigenvalue weighted by Crippen LogP contribution is -2.29. The molecule has 20 heavy (non-hydrogen) atoms. The van der Waals surface area contributed by atoms with E-state index in [-0.39, 0.29) is 5.41 Å². The fraction of sp³-hybridized carbons (Fsp3) is 0.500. The van der Waals surface area contributed by atoms with E-state index in [1.807, 2.05) is 32.9 Å². The van der Waals surface area contributed by atoms with E-state index < -0.39 is 11.7 Å². The molecule has 1 rings (SSSR count). The van der Waals surface area contributed by atoms with Gasteiger partial charge in [0, 0.05) is 0 Å². The SMILES string of the molecule is CC(C)(C)OC(=O)N/N=C\c1ccc(C(C)(C)C)cc1. The lowest BCUT2D eigenvalue weighted by molar-refractivity contribution is 0.0529. The minimum atomic E-state index is -0.555. The molecule has 1 amide bonds. The predicted octanol–water partition coefficient (Wildman–Crippen LogP) is 3.84. The summed E-state index contributed by atoms with van der Waals surface area (Å²) in [6.45, 7) is 11.9. The summed E-state index contributed by atoms with van der Waals surface area (Å²) in [7, 11) is 0. The number of rotatable bonds is 2. The van der Waals surface area contributed by atoms with Gasteiger partial charge in [0.1, 0.15) is 5.60 Å². The number of nitrogens with one attached hydrogen (secondary N) is 1. The van der Waals surface area contributed by atoms with Gasteiger partial charge in [-0.15, -0.1) is 0 Å². The Morgan fingerprint density at radius 2 is 1.65 bits per heavy atom. The van der Waals surface area contributed by atoms with Crippen LogP contribution in [0.15, 0.2) is 29.4 Å². The van der Waals surface area contributed by atoms with Crippen molar-refractivity contribution in [2.75, 3.05) is 0 Å². The molecule has 0 aliphatic heterocycles.